The average Bonchev–Trinajstić information content (AvgIpc) is 2.84. The second kappa shape index (κ2) is 11.3. The average molecular weight is 489 g/mol. The third kappa shape index (κ3) is 5.19. The van der Waals surface area contributed by atoms with Crippen molar-refractivity contribution in [1.82, 2.24) is 20.3 Å². The molecule has 2 aromatic heterocycles. The summed E-state index contributed by atoms with van der Waals surface area (Å²) in [6.07, 6.45) is 5.37. The molecular formula is C23H26Cl2N6O2. The zero-order valence-corrected chi connectivity index (χ0v) is 20.7. The number of rotatable bonds is 9. The van der Waals surface area contributed by atoms with Gasteiger partial charge in [0.25, 0.3) is 0 Å². The molecule has 0 saturated carbocycles. The van der Waals surface area contributed by atoms with E-state index in [-0.39, 0.29) is 0 Å². The molecule has 33 heavy (non-hydrogen) atoms. The summed E-state index contributed by atoms with van der Waals surface area (Å²) >= 11 is 13.4. The molecule has 8 nitrogen and oxygen atoms in total. The number of methoxy groups -OCH3 is 2. The maximum Gasteiger partial charge on any atom is 0.180 e. The number of hydrogen-bond donors (Lipinski definition) is 1. The van der Waals surface area contributed by atoms with Crippen LogP contribution in [0.3, 0.4) is 0 Å². The molecule has 0 aliphatic carbocycles. The van der Waals surface area contributed by atoms with Crippen molar-refractivity contribution in [3.63, 3.8) is 0 Å². The lowest BCUT2D eigenvalue weighted by molar-refractivity contribution is 0.395. The van der Waals surface area contributed by atoms with E-state index in [1.54, 1.807) is 39.7 Å². The lowest BCUT2D eigenvalue weighted by Crippen LogP contribution is -2.28. The number of likely N-dealkylation sites (N-methyl/N-ethyl adjacent to an activating group) is 1. The van der Waals surface area contributed by atoms with Gasteiger partial charge in [0.1, 0.15) is 32.9 Å². The molecule has 10 heteroatoms. The summed E-state index contributed by atoms with van der Waals surface area (Å²) in [4.78, 5) is 20.0. The summed E-state index contributed by atoms with van der Waals surface area (Å²) in [6.45, 7) is 3.10. The van der Waals surface area contributed by atoms with Gasteiger partial charge in [0, 0.05) is 38.0 Å². The van der Waals surface area contributed by atoms with E-state index in [1.165, 1.54) is 0 Å². The van der Waals surface area contributed by atoms with Gasteiger partial charge in [-0.3, -0.25) is 9.98 Å². The van der Waals surface area contributed by atoms with E-state index >= 15 is 0 Å². The highest BCUT2D eigenvalue weighted by Gasteiger charge is 2.24. The van der Waals surface area contributed by atoms with Crippen LogP contribution >= 0.6 is 23.2 Å². The zero-order valence-electron chi connectivity index (χ0n) is 19.2. The van der Waals surface area contributed by atoms with Crippen molar-refractivity contribution < 1.29 is 9.47 Å². The molecule has 0 aliphatic heterocycles. The van der Waals surface area contributed by atoms with Gasteiger partial charge in [0.2, 0.25) is 0 Å². The van der Waals surface area contributed by atoms with Crippen LogP contribution in [0.15, 0.2) is 35.5 Å². The lowest BCUT2D eigenvalue weighted by Gasteiger charge is -2.27. The number of anilines is 2. The fourth-order valence-corrected chi connectivity index (χ4v) is 3.98. The molecule has 0 radical (unpaired) electrons. The summed E-state index contributed by atoms with van der Waals surface area (Å²) in [5, 5.41) is 3.86. The third-order valence-electron chi connectivity index (χ3n) is 4.95. The number of hydrogen-bond acceptors (Lipinski definition) is 8. The Morgan fingerprint density at radius 3 is 2.42 bits per heavy atom. The van der Waals surface area contributed by atoms with Crippen molar-refractivity contribution in [2.24, 2.45) is 4.99 Å². The predicted octanol–water partition coefficient (Wildman–Crippen LogP) is 4.81. The van der Waals surface area contributed by atoms with Gasteiger partial charge in [0.05, 0.1) is 31.8 Å². The first kappa shape index (κ1) is 24.7. The summed E-state index contributed by atoms with van der Waals surface area (Å²) in [7, 11) is 6.66. The Kier molecular flexibility index (Phi) is 8.43. The van der Waals surface area contributed by atoms with Gasteiger partial charge < -0.3 is 19.7 Å². The second-order valence-electron chi connectivity index (χ2n) is 6.91. The largest absolute Gasteiger partial charge is 0.495 e. The smallest absolute Gasteiger partial charge is 0.180 e. The van der Waals surface area contributed by atoms with Crippen molar-refractivity contribution in [1.29, 1.82) is 0 Å². The van der Waals surface area contributed by atoms with Crippen LogP contribution in [0.4, 0.5) is 11.5 Å². The molecule has 3 aromatic rings. The number of nitrogens with zero attached hydrogens (tertiary/aromatic N) is 5. The highest BCUT2D eigenvalue weighted by atomic mass is 35.5. The fraction of sp³-hybridized carbons (Fsp3) is 0.304. The van der Waals surface area contributed by atoms with E-state index in [2.05, 4.69) is 15.3 Å². The predicted molar refractivity (Wildman–Crippen MR) is 136 cm³/mol. The molecule has 0 saturated heterocycles. The number of allylic oxidation sites excluding steroid dienone is 2. The van der Waals surface area contributed by atoms with E-state index in [9.17, 15) is 0 Å². The van der Waals surface area contributed by atoms with E-state index < -0.39 is 0 Å². The van der Waals surface area contributed by atoms with Gasteiger partial charge in [0.15, 0.2) is 5.65 Å². The Balaban J connectivity index is 2.20. The number of nitrogens with one attached hydrogen (secondary N) is 1. The minimum Gasteiger partial charge on any atom is -0.495 e. The number of ether oxygens (including phenoxy) is 2. The van der Waals surface area contributed by atoms with Crippen LogP contribution < -0.4 is 19.7 Å². The summed E-state index contributed by atoms with van der Waals surface area (Å²) in [5.74, 6) is 1.50. The van der Waals surface area contributed by atoms with Crippen LogP contribution in [-0.2, 0) is 0 Å². The van der Waals surface area contributed by atoms with Crippen LogP contribution in [-0.4, -0.2) is 62.6 Å². The van der Waals surface area contributed by atoms with E-state index in [1.807, 2.05) is 37.1 Å². The minimum absolute atomic E-state index is 0.358. The van der Waals surface area contributed by atoms with Gasteiger partial charge in [-0.15, -0.1) is 0 Å². The third-order valence-corrected chi connectivity index (χ3v) is 5.68. The summed E-state index contributed by atoms with van der Waals surface area (Å²) < 4.78 is 10.9. The minimum atomic E-state index is 0.358. The van der Waals surface area contributed by atoms with Gasteiger partial charge in [-0.05, 0) is 26.1 Å². The molecule has 3 rings (SSSR count). The highest BCUT2D eigenvalue weighted by molar-refractivity contribution is 6.41. The maximum absolute atomic E-state index is 6.70. The molecule has 0 amide bonds. The molecule has 2 heterocycles. The highest BCUT2D eigenvalue weighted by Crippen LogP contribution is 2.47. The van der Waals surface area contributed by atoms with Crippen molar-refractivity contribution >= 4 is 57.7 Å². The Labute approximate surface area is 203 Å². The molecular weight excluding hydrogens is 463 g/mol. The second-order valence-corrected chi connectivity index (χ2v) is 7.67. The van der Waals surface area contributed by atoms with E-state index in [0.29, 0.717) is 63.0 Å². The summed E-state index contributed by atoms with van der Waals surface area (Å²) in [6, 6.07) is 5.38. The van der Waals surface area contributed by atoms with Gasteiger partial charge in [-0.2, -0.15) is 0 Å². The standard InChI is InChI=1S/C23H26Cl2N6O2/c1-6-14(12-27-3)16-13-28-15-7-8-19(30-23(15)29-16)31(10-9-26-2)22-20(24)17(32-4)11-18(33-5)21(22)25/h6-8,11-13,26H,9-10H2,1-5H3/b14-6+,27-12?. The normalized spacial score (nSPS) is 11.9. The molecule has 0 fully saturated rings. The van der Waals surface area contributed by atoms with Gasteiger partial charge in [-0.1, -0.05) is 29.3 Å². The molecule has 1 N–H and O–H groups in total. The number of benzene rings is 1. The summed E-state index contributed by atoms with van der Waals surface area (Å²) in [5.41, 5.74) is 3.23. The van der Waals surface area contributed by atoms with Crippen LogP contribution in [0.1, 0.15) is 12.6 Å². The Bertz CT molecular complexity index is 1170. The topological polar surface area (TPSA) is 84.8 Å². The van der Waals surface area contributed by atoms with E-state index in [4.69, 9.17) is 42.6 Å². The Morgan fingerprint density at radius 1 is 1.15 bits per heavy atom. The first-order chi connectivity index (χ1) is 16.0. The first-order valence-electron chi connectivity index (χ1n) is 10.2. The fourth-order valence-electron chi connectivity index (χ4n) is 3.28. The lowest BCUT2D eigenvalue weighted by atomic mass is 10.2. The van der Waals surface area contributed by atoms with Crippen LogP contribution in [0.5, 0.6) is 11.5 Å². The number of pyridine rings is 1. The number of fused-ring (bicyclic) bond motifs is 1. The van der Waals surface area contributed by atoms with Crippen molar-refractivity contribution in [3.05, 3.63) is 46.2 Å². The Hall–Kier alpha value is -2.94. The van der Waals surface area contributed by atoms with Crippen molar-refractivity contribution in [2.75, 3.05) is 46.3 Å². The van der Waals surface area contributed by atoms with Crippen LogP contribution in [0.25, 0.3) is 16.7 Å². The number of aliphatic imine (C=N–C) groups is 1. The molecule has 0 unspecified atom stereocenters. The molecule has 1 aromatic carbocycles. The first-order valence-corrected chi connectivity index (χ1v) is 11.0. The van der Waals surface area contributed by atoms with Gasteiger partial charge in [-0.25, -0.2) is 9.97 Å². The van der Waals surface area contributed by atoms with E-state index in [0.717, 1.165) is 5.57 Å². The molecule has 174 valence electrons. The molecule has 0 bridgehead atoms. The number of aromatic nitrogens is 3. The zero-order chi connectivity index (χ0) is 24.0. The van der Waals surface area contributed by atoms with Crippen LogP contribution in [0.2, 0.25) is 10.0 Å². The van der Waals surface area contributed by atoms with Crippen LogP contribution in [0, 0.1) is 0 Å². The van der Waals surface area contributed by atoms with Crippen molar-refractivity contribution in [2.45, 2.75) is 6.92 Å². The molecule has 0 spiro atoms. The number of halogens is 2. The SMILES string of the molecule is C/C=C(\C=NC)c1cnc2ccc(N(CCNC)c3c(Cl)c(OC)cc(OC)c3Cl)nc2n1. The van der Waals surface area contributed by atoms with Gasteiger partial charge >= 0.3 is 0 Å². The quantitative estimate of drug-likeness (QED) is 0.432. The Morgan fingerprint density at radius 2 is 1.85 bits per heavy atom. The molecule has 0 aliphatic rings. The molecule has 0 atom stereocenters. The van der Waals surface area contributed by atoms with Crippen molar-refractivity contribution in [3.8, 4) is 11.5 Å². The maximum atomic E-state index is 6.70. The monoisotopic (exact) mass is 488 g/mol.